The normalized spacial score (nSPS) is 18.9. The molecule has 0 bridgehead atoms. The average molecular weight is 598 g/mol. The first-order valence-electron chi connectivity index (χ1n) is 12.4. The van der Waals surface area contributed by atoms with Crippen molar-refractivity contribution in [1.29, 1.82) is 0 Å². The van der Waals surface area contributed by atoms with E-state index in [0.717, 1.165) is 43.0 Å². The lowest BCUT2D eigenvalue weighted by molar-refractivity contribution is -0.137. The van der Waals surface area contributed by atoms with Crippen molar-refractivity contribution < 1.29 is 26.4 Å². The molecule has 4 heterocycles. The Bertz CT molecular complexity index is 1590. The number of benzene rings is 1. The van der Waals surface area contributed by atoms with Crippen LogP contribution in [0.5, 0.6) is 0 Å². The third-order valence-corrected chi connectivity index (χ3v) is 10.4. The maximum absolute atomic E-state index is 14.0. The minimum atomic E-state index is -4.81. The fourth-order valence-electron chi connectivity index (χ4n) is 4.80. The van der Waals surface area contributed by atoms with Gasteiger partial charge in [-0.25, -0.2) is 18.4 Å². The Hall–Kier alpha value is -2.74. The summed E-state index contributed by atoms with van der Waals surface area (Å²) in [6.07, 6.45) is -1.46. The molecule has 14 heteroatoms. The number of anilines is 2. The summed E-state index contributed by atoms with van der Waals surface area (Å²) in [6, 6.07) is 4.75. The summed E-state index contributed by atoms with van der Waals surface area (Å²) in [5.74, 6) is -0.576. The Labute approximate surface area is 231 Å². The summed E-state index contributed by atoms with van der Waals surface area (Å²) >= 11 is 7.13. The third kappa shape index (κ3) is 5.24. The predicted octanol–water partition coefficient (Wildman–Crippen LogP) is 4.91. The van der Waals surface area contributed by atoms with Crippen LogP contribution in [-0.2, 0) is 29.0 Å². The number of halogens is 4. The number of sulfone groups is 1. The molecule has 1 aliphatic carbocycles. The van der Waals surface area contributed by atoms with Gasteiger partial charge in [0.15, 0.2) is 9.84 Å². The molecule has 1 aromatic carbocycles. The standard InChI is InChI=1S/C25H23ClF3N5O3S2/c26-17-7-15-10-30-4-3-14(15)8-18(17)32-24-31-11-16(25(27,28)29)21(33-24)19-9-20-22(38-19)23(35)34(12-13-1-2-13)5-6-39(20,36)37/h7-9,11,13,30H,1-6,10,12H2,(H,31,32,33). The molecule has 1 saturated carbocycles. The van der Waals surface area contributed by atoms with Gasteiger partial charge in [0.1, 0.15) is 10.4 Å². The summed E-state index contributed by atoms with van der Waals surface area (Å²) in [4.78, 5) is 22.4. The lowest BCUT2D eigenvalue weighted by Crippen LogP contribution is -2.34. The van der Waals surface area contributed by atoms with E-state index in [0.29, 0.717) is 47.3 Å². The van der Waals surface area contributed by atoms with Crippen LogP contribution in [0.25, 0.3) is 10.6 Å². The molecule has 0 saturated heterocycles. The molecule has 0 spiro atoms. The van der Waals surface area contributed by atoms with Crippen LogP contribution in [0.1, 0.15) is 39.2 Å². The van der Waals surface area contributed by atoms with E-state index in [9.17, 15) is 26.4 Å². The van der Waals surface area contributed by atoms with Crippen LogP contribution >= 0.6 is 22.9 Å². The smallest absolute Gasteiger partial charge is 0.337 e. The Morgan fingerprint density at radius 1 is 1.21 bits per heavy atom. The number of nitrogens with one attached hydrogen (secondary N) is 2. The van der Waals surface area contributed by atoms with Gasteiger partial charge in [0, 0.05) is 25.8 Å². The van der Waals surface area contributed by atoms with Gasteiger partial charge in [0.05, 0.1) is 31.9 Å². The van der Waals surface area contributed by atoms with E-state index in [-0.39, 0.29) is 32.9 Å². The second-order valence-corrected chi connectivity index (χ2v) is 13.5. The van der Waals surface area contributed by atoms with E-state index in [1.165, 1.54) is 4.90 Å². The van der Waals surface area contributed by atoms with Crippen molar-refractivity contribution in [3.63, 3.8) is 0 Å². The average Bonchev–Trinajstić information content (AvgIpc) is 3.60. The van der Waals surface area contributed by atoms with Gasteiger partial charge in [0.2, 0.25) is 5.95 Å². The maximum atomic E-state index is 14.0. The number of alkyl halides is 3. The van der Waals surface area contributed by atoms with Crippen molar-refractivity contribution in [2.75, 3.05) is 30.7 Å². The van der Waals surface area contributed by atoms with Crippen LogP contribution in [0.4, 0.5) is 24.8 Å². The van der Waals surface area contributed by atoms with Crippen LogP contribution in [0.2, 0.25) is 5.02 Å². The van der Waals surface area contributed by atoms with Crippen LogP contribution in [-0.4, -0.2) is 54.6 Å². The second-order valence-electron chi connectivity index (χ2n) is 9.92. The zero-order valence-corrected chi connectivity index (χ0v) is 22.8. The van der Waals surface area contributed by atoms with Crippen molar-refractivity contribution in [3.8, 4) is 10.6 Å². The molecular formula is C25H23ClF3N5O3S2. The summed E-state index contributed by atoms with van der Waals surface area (Å²) in [7, 11) is -3.88. The minimum Gasteiger partial charge on any atom is -0.337 e. The summed E-state index contributed by atoms with van der Waals surface area (Å²) in [5.41, 5.74) is 0.889. The van der Waals surface area contributed by atoms with Gasteiger partial charge in [-0.15, -0.1) is 11.3 Å². The summed E-state index contributed by atoms with van der Waals surface area (Å²) in [6.45, 7) is 1.95. The Morgan fingerprint density at radius 2 is 2.00 bits per heavy atom. The molecule has 2 aromatic heterocycles. The van der Waals surface area contributed by atoms with Gasteiger partial charge in [-0.3, -0.25) is 4.79 Å². The van der Waals surface area contributed by atoms with Crippen LogP contribution in [0.15, 0.2) is 29.3 Å². The number of amides is 1. The molecule has 6 rings (SSSR count). The zero-order valence-electron chi connectivity index (χ0n) is 20.4. The first-order chi connectivity index (χ1) is 18.5. The van der Waals surface area contributed by atoms with Crippen molar-refractivity contribution in [2.45, 2.75) is 36.9 Å². The second kappa shape index (κ2) is 9.72. The highest BCUT2D eigenvalue weighted by Crippen LogP contribution is 2.43. The highest BCUT2D eigenvalue weighted by Gasteiger charge is 2.39. The molecule has 2 N–H and O–H groups in total. The van der Waals surface area contributed by atoms with Crippen molar-refractivity contribution in [2.24, 2.45) is 5.92 Å². The van der Waals surface area contributed by atoms with Gasteiger partial charge in [0.25, 0.3) is 5.91 Å². The summed E-state index contributed by atoms with van der Waals surface area (Å²) < 4.78 is 68.1. The van der Waals surface area contributed by atoms with Crippen molar-refractivity contribution in [1.82, 2.24) is 20.2 Å². The highest BCUT2D eigenvalue weighted by molar-refractivity contribution is 7.91. The van der Waals surface area contributed by atoms with E-state index >= 15 is 0 Å². The fourth-order valence-corrected chi connectivity index (χ4v) is 7.99. The van der Waals surface area contributed by atoms with Crippen LogP contribution in [0.3, 0.4) is 0 Å². The van der Waals surface area contributed by atoms with Crippen LogP contribution < -0.4 is 10.6 Å². The molecule has 0 radical (unpaired) electrons. The molecule has 0 atom stereocenters. The number of hydrogen-bond donors (Lipinski definition) is 2. The minimum absolute atomic E-state index is 0.0569. The Morgan fingerprint density at radius 3 is 2.74 bits per heavy atom. The molecule has 3 aromatic rings. The molecular weight excluding hydrogens is 575 g/mol. The lowest BCUT2D eigenvalue weighted by Gasteiger charge is -2.20. The van der Waals surface area contributed by atoms with E-state index in [4.69, 9.17) is 11.6 Å². The SMILES string of the molecule is O=C1c2sc(-c3nc(Nc4cc5c(cc4Cl)CNCC5)ncc3C(F)(F)F)cc2S(=O)(=O)CCN1CC1CC1. The summed E-state index contributed by atoms with van der Waals surface area (Å²) in [5, 5.41) is 6.52. The van der Waals surface area contributed by atoms with Gasteiger partial charge < -0.3 is 15.5 Å². The molecule has 1 fully saturated rings. The molecule has 39 heavy (non-hydrogen) atoms. The zero-order chi connectivity index (χ0) is 27.5. The van der Waals surface area contributed by atoms with Gasteiger partial charge in [-0.05, 0) is 61.1 Å². The molecule has 0 unspecified atom stereocenters. The third-order valence-electron chi connectivity index (χ3n) is 7.07. The van der Waals surface area contributed by atoms with Crippen molar-refractivity contribution >= 4 is 50.3 Å². The number of rotatable bonds is 5. The maximum Gasteiger partial charge on any atom is 0.420 e. The molecule has 8 nitrogen and oxygen atoms in total. The monoisotopic (exact) mass is 597 g/mol. The molecule has 2 aliphatic heterocycles. The molecule has 3 aliphatic rings. The topological polar surface area (TPSA) is 104 Å². The molecule has 206 valence electrons. The van der Waals surface area contributed by atoms with Gasteiger partial charge in [-0.1, -0.05) is 11.6 Å². The van der Waals surface area contributed by atoms with E-state index in [2.05, 4.69) is 20.6 Å². The number of fused-ring (bicyclic) bond motifs is 2. The van der Waals surface area contributed by atoms with Crippen molar-refractivity contribution in [3.05, 3.63) is 51.0 Å². The largest absolute Gasteiger partial charge is 0.420 e. The number of hydrogen-bond acceptors (Lipinski definition) is 8. The Kier molecular flexibility index (Phi) is 6.60. The Balaban J connectivity index is 1.41. The van der Waals surface area contributed by atoms with E-state index < -0.39 is 33.2 Å². The molecule has 1 amide bonds. The number of thiophene rings is 1. The fraction of sp³-hybridized carbons (Fsp3) is 0.400. The van der Waals surface area contributed by atoms with E-state index in [1.807, 2.05) is 6.07 Å². The highest BCUT2D eigenvalue weighted by atomic mass is 35.5. The number of carbonyl (C=O) groups is 1. The first kappa shape index (κ1) is 26.5. The van der Waals surface area contributed by atoms with Gasteiger partial charge in [-0.2, -0.15) is 13.2 Å². The van der Waals surface area contributed by atoms with Crippen LogP contribution in [0, 0.1) is 5.92 Å². The number of aromatic nitrogens is 2. The lowest BCUT2D eigenvalue weighted by atomic mass is 10.0. The number of nitrogens with zero attached hydrogens (tertiary/aromatic N) is 3. The van der Waals surface area contributed by atoms with E-state index in [1.54, 1.807) is 6.07 Å². The predicted molar refractivity (Wildman–Crippen MR) is 141 cm³/mol. The first-order valence-corrected chi connectivity index (χ1v) is 15.2. The van der Waals surface area contributed by atoms with Gasteiger partial charge >= 0.3 is 6.18 Å². The quantitative estimate of drug-likeness (QED) is 0.431. The number of carbonyl (C=O) groups excluding carboxylic acids is 1.